The average molecular weight is 309 g/mol. The first-order valence-electron chi connectivity index (χ1n) is 7.64. The van der Waals surface area contributed by atoms with E-state index in [-0.39, 0.29) is 11.9 Å². The van der Waals surface area contributed by atoms with Crippen molar-refractivity contribution in [2.45, 2.75) is 58.4 Å². The van der Waals surface area contributed by atoms with E-state index in [1.807, 2.05) is 6.07 Å². The molecule has 1 aromatic rings. The van der Waals surface area contributed by atoms with Crippen molar-refractivity contribution >= 4 is 23.2 Å². The van der Waals surface area contributed by atoms with Crippen LogP contribution in [0, 0.1) is 5.92 Å². The monoisotopic (exact) mass is 309 g/mol. The first-order valence-corrected chi connectivity index (χ1v) is 8.46. The number of aryl methyl sites for hydroxylation is 2. The summed E-state index contributed by atoms with van der Waals surface area (Å²) < 4.78 is 0. The molecule has 0 fully saturated rings. The predicted octanol–water partition coefficient (Wildman–Crippen LogP) is 3.25. The van der Waals surface area contributed by atoms with E-state index in [9.17, 15) is 9.59 Å². The first kappa shape index (κ1) is 16.0. The fourth-order valence-corrected chi connectivity index (χ4v) is 3.73. The molecule has 5 heteroatoms. The van der Waals surface area contributed by atoms with Crippen molar-refractivity contribution in [2.24, 2.45) is 5.92 Å². The van der Waals surface area contributed by atoms with Crippen molar-refractivity contribution in [3.05, 3.63) is 21.4 Å². The molecule has 1 aliphatic rings. The molecule has 2 unspecified atom stereocenters. The second kappa shape index (κ2) is 7.07. The zero-order valence-electron chi connectivity index (χ0n) is 12.6. The highest BCUT2D eigenvalue weighted by atomic mass is 32.1. The van der Waals surface area contributed by atoms with E-state index in [2.05, 4.69) is 5.32 Å². The molecule has 0 bridgehead atoms. The Balaban J connectivity index is 2.06. The Bertz CT molecular complexity index is 498. The number of carboxylic acid groups (broad SMARTS) is 1. The molecule has 0 spiro atoms. The number of amides is 1. The van der Waals surface area contributed by atoms with Crippen LogP contribution in [0.15, 0.2) is 6.07 Å². The first-order chi connectivity index (χ1) is 9.99. The number of fused-ring (bicyclic) bond motifs is 1. The number of nitrogens with one attached hydrogen (secondary N) is 1. The number of carbonyl (C=O) groups is 2. The number of carboxylic acids is 1. The molecule has 116 valence electrons. The summed E-state index contributed by atoms with van der Waals surface area (Å²) >= 11 is 1.57. The highest BCUT2D eigenvalue weighted by Crippen LogP contribution is 2.28. The summed E-state index contributed by atoms with van der Waals surface area (Å²) in [6.45, 7) is 3.35. The molecule has 2 N–H and O–H groups in total. The summed E-state index contributed by atoms with van der Waals surface area (Å²) in [5, 5.41) is 11.8. The Labute approximate surface area is 129 Å². The molecule has 1 amide bonds. The van der Waals surface area contributed by atoms with Crippen LogP contribution in [0.3, 0.4) is 0 Å². The lowest BCUT2D eigenvalue weighted by atomic mass is 9.99. The summed E-state index contributed by atoms with van der Waals surface area (Å²) in [6.07, 6.45) is 7.04. The second-order valence-electron chi connectivity index (χ2n) is 5.86. The molecular formula is C16H23NO3S. The molecular weight excluding hydrogens is 286 g/mol. The van der Waals surface area contributed by atoms with Gasteiger partial charge in [-0.05, 0) is 51.2 Å². The fourth-order valence-electron chi connectivity index (χ4n) is 2.57. The average Bonchev–Trinajstić information content (AvgIpc) is 2.80. The minimum absolute atomic E-state index is 0.146. The Hall–Kier alpha value is -1.36. The minimum atomic E-state index is -0.888. The van der Waals surface area contributed by atoms with Gasteiger partial charge in [0.15, 0.2) is 0 Å². The van der Waals surface area contributed by atoms with Gasteiger partial charge in [0.2, 0.25) is 0 Å². The number of thiophene rings is 1. The highest BCUT2D eigenvalue weighted by Gasteiger charge is 2.23. The molecule has 0 aliphatic heterocycles. The number of carbonyl (C=O) groups excluding carboxylic acids is 1. The van der Waals surface area contributed by atoms with Crippen molar-refractivity contribution in [1.29, 1.82) is 0 Å². The van der Waals surface area contributed by atoms with Gasteiger partial charge in [-0.25, -0.2) is 0 Å². The van der Waals surface area contributed by atoms with Gasteiger partial charge in [-0.3, -0.25) is 9.59 Å². The largest absolute Gasteiger partial charge is 0.481 e. The van der Waals surface area contributed by atoms with Gasteiger partial charge in [0.05, 0.1) is 10.8 Å². The van der Waals surface area contributed by atoms with E-state index in [1.165, 1.54) is 36.1 Å². The van der Waals surface area contributed by atoms with E-state index in [0.29, 0.717) is 4.88 Å². The molecule has 0 radical (unpaired) electrons. The lowest BCUT2D eigenvalue weighted by molar-refractivity contribution is -0.141. The summed E-state index contributed by atoms with van der Waals surface area (Å²) in [6, 6.07) is 1.62. The van der Waals surface area contributed by atoms with Gasteiger partial charge >= 0.3 is 5.97 Å². The maximum Gasteiger partial charge on any atom is 0.308 e. The zero-order chi connectivity index (χ0) is 15.4. The summed E-state index contributed by atoms with van der Waals surface area (Å²) in [5.41, 5.74) is 1.31. The van der Waals surface area contributed by atoms with E-state index >= 15 is 0 Å². The normalized spacial score (nSPS) is 18.0. The van der Waals surface area contributed by atoms with Gasteiger partial charge in [0, 0.05) is 10.9 Å². The molecule has 2 rings (SSSR count). The quantitative estimate of drug-likeness (QED) is 0.897. The molecule has 4 nitrogen and oxygen atoms in total. The lowest BCUT2D eigenvalue weighted by Gasteiger charge is -2.17. The third kappa shape index (κ3) is 4.06. The lowest BCUT2D eigenvalue weighted by Crippen LogP contribution is -2.39. The van der Waals surface area contributed by atoms with Gasteiger partial charge < -0.3 is 10.4 Å². The molecule has 1 heterocycles. The predicted molar refractivity (Wildman–Crippen MR) is 83.9 cm³/mol. The fraction of sp³-hybridized carbons (Fsp3) is 0.625. The van der Waals surface area contributed by atoms with E-state index in [4.69, 9.17) is 5.11 Å². The van der Waals surface area contributed by atoms with Gasteiger partial charge in [-0.1, -0.05) is 12.8 Å². The van der Waals surface area contributed by atoms with Crippen LogP contribution in [0.2, 0.25) is 0 Å². The minimum Gasteiger partial charge on any atom is -0.481 e. The summed E-state index contributed by atoms with van der Waals surface area (Å²) in [4.78, 5) is 25.3. The third-order valence-electron chi connectivity index (χ3n) is 4.22. The van der Waals surface area contributed by atoms with Crippen molar-refractivity contribution in [2.75, 3.05) is 0 Å². The number of hydrogen-bond donors (Lipinski definition) is 2. The van der Waals surface area contributed by atoms with Crippen LogP contribution in [-0.2, 0) is 17.6 Å². The topological polar surface area (TPSA) is 66.4 Å². The van der Waals surface area contributed by atoms with Crippen LogP contribution < -0.4 is 5.32 Å². The van der Waals surface area contributed by atoms with Crippen LogP contribution in [0.5, 0.6) is 0 Å². The third-order valence-corrected chi connectivity index (χ3v) is 5.45. The summed E-state index contributed by atoms with van der Waals surface area (Å²) in [5.74, 6) is -1.62. The smallest absolute Gasteiger partial charge is 0.308 e. The molecule has 1 aromatic heterocycles. The molecule has 2 atom stereocenters. The van der Waals surface area contributed by atoms with Crippen LogP contribution >= 0.6 is 11.3 Å². The Morgan fingerprint density at radius 3 is 2.52 bits per heavy atom. The van der Waals surface area contributed by atoms with E-state index in [0.717, 1.165) is 12.8 Å². The van der Waals surface area contributed by atoms with E-state index < -0.39 is 11.9 Å². The molecule has 0 saturated carbocycles. The number of hydrogen-bond acceptors (Lipinski definition) is 3. The van der Waals surface area contributed by atoms with Crippen LogP contribution in [0.25, 0.3) is 0 Å². The highest BCUT2D eigenvalue weighted by molar-refractivity contribution is 7.14. The van der Waals surface area contributed by atoms with Crippen molar-refractivity contribution in [3.8, 4) is 0 Å². The maximum absolute atomic E-state index is 12.3. The number of aliphatic carboxylic acids is 1. The number of rotatable bonds is 4. The molecule has 0 saturated heterocycles. The van der Waals surface area contributed by atoms with Gasteiger partial charge in [0.25, 0.3) is 5.91 Å². The van der Waals surface area contributed by atoms with Gasteiger partial charge in [-0.2, -0.15) is 0 Å². The summed E-state index contributed by atoms with van der Waals surface area (Å²) in [7, 11) is 0. The standard InChI is InChI=1S/C16H23NO3S/c1-10(16(19)20)11(2)17-15(18)14-9-12-7-5-3-4-6-8-13(12)21-14/h9-11H,3-8H2,1-2H3,(H,17,18)(H,19,20). The van der Waals surface area contributed by atoms with E-state index in [1.54, 1.807) is 25.2 Å². The van der Waals surface area contributed by atoms with Crippen LogP contribution in [-0.4, -0.2) is 23.0 Å². The van der Waals surface area contributed by atoms with Crippen LogP contribution in [0.1, 0.15) is 59.6 Å². The van der Waals surface area contributed by atoms with Crippen molar-refractivity contribution in [1.82, 2.24) is 5.32 Å². The molecule has 1 aliphatic carbocycles. The van der Waals surface area contributed by atoms with Crippen LogP contribution in [0.4, 0.5) is 0 Å². The Kier molecular flexibility index (Phi) is 5.39. The van der Waals surface area contributed by atoms with Crippen molar-refractivity contribution < 1.29 is 14.7 Å². The zero-order valence-corrected chi connectivity index (χ0v) is 13.5. The van der Waals surface area contributed by atoms with Gasteiger partial charge in [0.1, 0.15) is 0 Å². The Morgan fingerprint density at radius 1 is 1.19 bits per heavy atom. The van der Waals surface area contributed by atoms with Gasteiger partial charge in [-0.15, -0.1) is 11.3 Å². The SMILES string of the molecule is CC(NC(=O)c1cc2c(s1)CCCCCC2)C(C)C(=O)O. The molecule has 0 aromatic carbocycles. The Morgan fingerprint density at radius 2 is 1.86 bits per heavy atom. The maximum atomic E-state index is 12.3. The molecule has 21 heavy (non-hydrogen) atoms. The second-order valence-corrected chi connectivity index (χ2v) is 7.00. The van der Waals surface area contributed by atoms with Crippen molar-refractivity contribution in [3.63, 3.8) is 0 Å².